The summed E-state index contributed by atoms with van der Waals surface area (Å²) in [4.78, 5) is 22.4. The van der Waals surface area contributed by atoms with Crippen molar-refractivity contribution >= 4 is 11.6 Å². The van der Waals surface area contributed by atoms with Crippen LogP contribution in [-0.4, -0.2) is 17.4 Å². The lowest BCUT2D eigenvalue weighted by molar-refractivity contribution is -0.385. The number of rotatable bonds is 5. The number of carbonyl (C=O) groups is 1. The maximum atomic E-state index is 13.3. The number of nitrogens with zero attached hydrogens (tertiary/aromatic N) is 1. The molecular formula is C15H19FN2O3. The fourth-order valence-corrected chi connectivity index (χ4v) is 2.99. The SMILES string of the molecule is CCC1(CNC(=O)c2cc(F)ccc2[N+](=O)[O-])CCCC1. The van der Waals surface area contributed by atoms with Gasteiger partial charge in [0.15, 0.2) is 0 Å². The second kappa shape index (κ2) is 6.20. The van der Waals surface area contributed by atoms with Gasteiger partial charge in [-0.3, -0.25) is 14.9 Å². The Morgan fingerprint density at radius 2 is 2.10 bits per heavy atom. The molecule has 0 aliphatic heterocycles. The summed E-state index contributed by atoms with van der Waals surface area (Å²) in [5.74, 6) is -1.24. The topological polar surface area (TPSA) is 72.2 Å². The Morgan fingerprint density at radius 1 is 1.43 bits per heavy atom. The monoisotopic (exact) mass is 294 g/mol. The summed E-state index contributed by atoms with van der Waals surface area (Å²) >= 11 is 0. The molecule has 0 heterocycles. The van der Waals surface area contributed by atoms with Crippen molar-refractivity contribution in [2.45, 2.75) is 39.0 Å². The molecule has 1 N–H and O–H groups in total. The molecule has 114 valence electrons. The summed E-state index contributed by atoms with van der Waals surface area (Å²) in [5, 5.41) is 13.7. The summed E-state index contributed by atoms with van der Waals surface area (Å²) in [6.45, 7) is 2.57. The molecule has 0 bridgehead atoms. The van der Waals surface area contributed by atoms with Gasteiger partial charge >= 0.3 is 0 Å². The number of hydrogen-bond acceptors (Lipinski definition) is 3. The largest absolute Gasteiger partial charge is 0.351 e. The summed E-state index contributed by atoms with van der Waals surface area (Å²) in [6, 6.07) is 2.93. The molecule has 1 amide bonds. The van der Waals surface area contributed by atoms with E-state index in [4.69, 9.17) is 0 Å². The van der Waals surface area contributed by atoms with Crippen LogP contribution in [0.2, 0.25) is 0 Å². The van der Waals surface area contributed by atoms with E-state index in [0.717, 1.165) is 50.3 Å². The molecule has 1 aliphatic carbocycles. The Labute approximate surface area is 122 Å². The maximum absolute atomic E-state index is 13.3. The van der Waals surface area contributed by atoms with E-state index < -0.39 is 16.6 Å². The molecule has 2 rings (SSSR count). The third kappa shape index (κ3) is 3.37. The van der Waals surface area contributed by atoms with Gasteiger partial charge in [0.2, 0.25) is 0 Å². The first-order valence-corrected chi connectivity index (χ1v) is 7.19. The van der Waals surface area contributed by atoms with E-state index in [1.54, 1.807) is 0 Å². The second-order valence-corrected chi connectivity index (χ2v) is 5.66. The Balaban J connectivity index is 2.13. The van der Waals surface area contributed by atoms with E-state index in [1.807, 2.05) is 0 Å². The average molecular weight is 294 g/mol. The molecule has 6 heteroatoms. The van der Waals surface area contributed by atoms with Crippen LogP contribution in [0.25, 0.3) is 0 Å². The first-order valence-electron chi connectivity index (χ1n) is 7.19. The molecule has 0 saturated heterocycles. The van der Waals surface area contributed by atoms with E-state index in [1.165, 1.54) is 0 Å². The third-order valence-electron chi connectivity index (χ3n) is 4.44. The van der Waals surface area contributed by atoms with Crippen LogP contribution in [0.5, 0.6) is 0 Å². The van der Waals surface area contributed by atoms with Gasteiger partial charge in [-0.25, -0.2) is 4.39 Å². The quantitative estimate of drug-likeness (QED) is 0.668. The zero-order valence-electron chi connectivity index (χ0n) is 12.0. The molecule has 0 aromatic heterocycles. The van der Waals surface area contributed by atoms with Crippen LogP contribution in [0.15, 0.2) is 18.2 Å². The smallest absolute Gasteiger partial charge is 0.282 e. The number of carbonyl (C=O) groups excluding carboxylic acids is 1. The highest BCUT2D eigenvalue weighted by Crippen LogP contribution is 2.40. The van der Waals surface area contributed by atoms with Crippen molar-refractivity contribution < 1.29 is 14.1 Å². The maximum Gasteiger partial charge on any atom is 0.282 e. The summed E-state index contributed by atoms with van der Waals surface area (Å²) in [5.41, 5.74) is -0.507. The lowest BCUT2D eigenvalue weighted by Crippen LogP contribution is -2.35. The predicted octanol–water partition coefficient (Wildman–Crippen LogP) is 3.43. The van der Waals surface area contributed by atoms with Crippen LogP contribution in [0.1, 0.15) is 49.4 Å². The van der Waals surface area contributed by atoms with Gasteiger partial charge in [0.1, 0.15) is 11.4 Å². The zero-order valence-corrected chi connectivity index (χ0v) is 12.0. The molecule has 1 fully saturated rings. The highest BCUT2D eigenvalue weighted by molar-refractivity contribution is 5.98. The van der Waals surface area contributed by atoms with Crippen molar-refractivity contribution in [2.75, 3.05) is 6.54 Å². The standard InChI is InChI=1S/C15H19FN2O3/c1-2-15(7-3-4-8-15)10-17-14(19)12-9-11(16)5-6-13(12)18(20)21/h5-6,9H,2-4,7-8,10H2,1H3,(H,17,19). The fraction of sp³-hybridized carbons (Fsp3) is 0.533. The first-order chi connectivity index (χ1) is 9.97. The predicted molar refractivity (Wildman–Crippen MR) is 76.6 cm³/mol. The lowest BCUT2D eigenvalue weighted by atomic mass is 9.83. The van der Waals surface area contributed by atoms with Crippen LogP contribution in [0.4, 0.5) is 10.1 Å². The van der Waals surface area contributed by atoms with E-state index in [0.29, 0.717) is 6.54 Å². The molecule has 1 saturated carbocycles. The van der Waals surface area contributed by atoms with Crippen molar-refractivity contribution in [3.63, 3.8) is 0 Å². The number of nitrogens with one attached hydrogen (secondary N) is 1. The molecule has 21 heavy (non-hydrogen) atoms. The number of hydrogen-bond donors (Lipinski definition) is 1. The van der Waals surface area contributed by atoms with Gasteiger partial charge in [-0.1, -0.05) is 19.8 Å². The van der Waals surface area contributed by atoms with Gasteiger partial charge in [0, 0.05) is 12.6 Å². The highest BCUT2D eigenvalue weighted by Gasteiger charge is 2.33. The van der Waals surface area contributed by atoms with Crippen molar-refractivity contribution in [1.29, 1.82) is 0 Å². The minimum absolute atomic E-state index is 0.0811. The van der Waals surface area contributed by atoms with Gasteiger partial charge < -0.3 is 5.32 Å². The summed E-state index contributed by atoms with van der Waals surface area (Å²) < 4.78 is 13.3. The van der Waals surface area contributed by atoms with E-state index in [-0.39, 0.29) is 16.7 Å². The Hall–Kier alpha value is -1.98. The molecule has 0 atom stereocenters. The summed E-state index contributed by atoms with van der Waals surface area (Å²) in [6.07, 6.45) is 5.34. The zero-order chi connectivity index (χ0) is 15.5. The number of amides is 1. The van der Waals surface area contributed by atoms with Crippen LogP contribution in [-0.2, 0) is 0 Å². The number of nitro groups is 1. The van der Waals surface area contributed by atoms with Crippen molar-refractivity contribution in [3.8, 4) is 0 Å². The molecule has 1 aromatic rings. The molecular weight excluding hydrogens is 275 g/mol. The van der Waals surface area contributed by atoms with Gasteiger partial charge in [-0.2, -0.15) is 0 Å². The molecule has 5 nitrogen and oxygen atoms in total. The molecule has 0 spiro atoms. The van der Waals surface area contributed by atoms with Gasteiger partial charge in [0.25, 0.3) is 11.6 Å². The van der Waals surface area contributed by atoms with Gasteiger partial charge in [-0.15, -0.1) is 0 Å². The number of benzene rings is 1. The van der Waals surface area contributed by atoms with Gasteiger partial charge in [0.05, 0.1) is 4.92 Å². The fourth-order valence-electron chi connectivity index (χ4n) is 2.99. The molecule has 0 radical (unpaired) electrons. The Kier molecular flexibility index (Phi) is 4.55. The van der Waals surface area contributed by atoms with Crippen LogP contribution in [0, 0.1) is 21.3 Å². The Morgan fingerprint density at radius 3 is 2.67 bits per heavy atom. The van der Waals surface area contributed by atoms with E-state index in [2.05, 4.69) is 12.2 Å². The molecule has 1 aliphatic rings. The third-order valence-corrected chi connectivity index (χ3v) is 4.44. The molecule has 0 unspecified atom stereocenters. The van der Waals surface area contributed by atoms with Crippen LogP contribution >= 0.6 is 0 Å². The number of nitro benzene ring substituents is 1. The van der Waals surface area contributed by atoms with Gasteiger partial charge in [-0.05, 0) is 36.8 Å². The normalized spacial score (nSPS) is 16.7. The minimum Gasteiger partial charge on any atom is -0.351 e. The first kappa shape index (κ1) is 15.4. The van der Waals surface area contributed by atoms with E-state index in [9.17, 15) is 19.3 Å². The number of halogens is 1. The molecule has 1 aromatic carbocycles. The van der Waals surface area contributed by atoms with Crippen molar-refractivity contribution in [1.82, 2.24) is 5.32 Å². The van der Waals surface area contributed by atoms with Crippen molar-refractivity contribution in [2.24, 2.45) is 5.41 Å². The second-order valence-electron chi connectivity index (χ2n) is 5.66. The Bertz CT molecular complexity index is 554. The minimum atomic E-state index is -0.667. The van der Waals surface area contributed by atoms with Crippen LogP contribution < -0.4 is 5.32 Å². The highest BCUT2D eigenvalue weighted by atomic mass is 19.1. The summed E-state index contributed by atoms with van der Waals surface area (Å²) in [7, 11) is 0. The van der Waals surface area contributed by atoms with Crippen molar-refractivity contribution in [3.05, 3.63) is 39.7 Å². The van der Waals surface area contributed by atoms with E-state index >= 15 is 0 Å². The lowest BCUT2D eigenvalue weighted by Gasteiger charge is -2.27. The van der Waals surface area contributed by atoms with Crippen LogP contribution in [0.3, 0.4) is 0 Å². The average Bonchev–Trinajstić information content (AvgIpc) is 2.94.